The lowest BCUT2D eigenvalue weighted by atomic mass is 10.1. The smallest absolute Gasteiger partial charge is 0.251 e. The number of benzene rings is 1. The molecule has 0 saturated heterocycles. The first-order valence-corrected chi connectivity index (χ1v) is 7.99. The van der Waals surface area contributed by atoms with Crippen molar-refractivity contribution in [3.8, 4) is 23.0 Å². The van der Waals surface area contributed by atoms with E-state index in [0.29, 0.717) is 34.2 Å². The van der Waals surface area contributed by atoms with Crippen molar-refractivity contribution in [2.24, 2.45) is 7.05 Å². The van der Waals surface area contributed by atoms with Crippen LogP contribution in [0.3, 0.4) is 0 Å². The highest BCUT2D eigenvalue weighted by molar-refractivity contribution is 5.80. The summed E-state index contributed by atoms with van der Waals surface area (Å²) in [4.78, 5) is 28.7. The van der Waals surface area contributed by atoms with Gasteiger partial charge in [-0.1, -0.05) is 12.1 Å². The number of carbonyl (C=O) groups is 1. The van der Waals surface area contributed by atoms with Crippen molar-refractivity contribution < 1.29 is 9.53 Å². The Balaban J connectivity index is 1.88. The molecule has 1 aromatic carbocycles. The van der Waals surface area contributed by atoms with Crippen LogP contribution in [0.5, 0.6) is 11.6 Å². The maximum atomic E-state index is 11.1. The molecule has 0 bridgehead atoms. The van der Waals surface area contributed by atoms with Gasteiger partial charge in [0, 0.05) is 30.6 Å². The zero-order valence-electron chi connectivity index (χ0n) is 14.2. The summed E-state index contributed by atoms with van der Waals surface area (Å²) in [6.07, 6.45) is 5.83. The van der Waals surface area contributed by atoms with Gasteiger partial charge in [-0.3, -0.25) is 9.78 Å². The molecular weight excluding hydrogens is 330 g/mol. The largest absolute Gasteiger partial charge is 0.437 e. The van der Waals surface area contributed by atoms with Gasteiger partial charge in [0.25, 0.3) is 5.88 Å². The van der Waals surface area contributed by atoms with Crippen LogP contribution >= 0.6 is 0 Å². The minimum atomic E-state index is 0.334. The number of rotatable bonds is 4. The summed E-state index contributed by atoms with van der Waals surface area (Å²) in [5, 5.41) is 0. The molecule has 0 spiro atoms. The van der Waals surface area contributed by atoms with Crippen molar-refractivity contribution in [1.29, 1.82) is 0 Å². The zero-order chi connectivity index (χ0) is 18.1. The van der Waals surface area contributed by atoms with E-state index in [0.717, 1.165) is 17.4 Å². The number of aromatic nitrogens is 5. The second-order valence-electron chi connectivity index (χ2n) is 5.87. The molecule has 0 amide bonds. The van der Waals surface area contributed by atoms with Crippen LogP contribution in [-0.4, -0.2) is 30.8 Å². The molecule has 0 aliphatic carbocycles. The third-order valence-electron chi connectivity index (χ3n) is 4.00. The lowest BCUT2D eigenvalue weighted by molar-refractivity contribution is 0.112. The Morgan fingerprint density at radius 1 is 1.19 bits per heavy atom. The van der Waals surface area contributed by atoms with E-state index in [1.165, 1.54) is 0 Å². The summed E-state index contributed by atoms with van der Waals surface area (Å²) in [6.45, 7) is 1.91. The van der Waals surface area contributed by atoms with Crippen molar-refractivity contribution in [2.75, 3.05) is 0 Å². The van der Waals surface area contributed by atoms with E-state index in [1.807, 2.05) is 32.2 Å². The molecule has 7 heteroatoms. The number of hydrogen-bond donors (Lipinski definition) is 0. The van der Waals surface area contributed by atoms with Crippen molar-refractivity contribution in [1.82, 2.24) is 24.5 Å². The van der Waals surface area contributed by atoms with Crippen LogP contribution < -0.4 is 4.74 Å². The topological polar surface area (TPSA) is 82.8 Å². The third kappa shape index (κ3) is 2.79. The fourth-order valence-electron chi connectivity index (χ4n) is 2.58. The Morgan fingerprint density at radius 2 is 2.08 bits per heavy atom. The predicted molar refractivity (Wildman–Crippen MR) is 96.2 cm³/mol. The second-order valence-corrected chi connectivity index (χ2v) is 5.87. The van der Waals surface area contributed by atoms with E-state index < -0.39 is 0 Å². The van der Waals surface area contributed by atoms with Crippen LogP contribution in [0.4, 0.5) is 0 Å². The van der Waals surface area contributed by atoms with Gasteiger partial charge in [0.15, 0.2) is 17.0 Å². The first kappa shape index (κ1) is 15.9. The summed E-state index contributed by atoms with van der Waals surface area (Å²) in [6, 6.07) is 8.96. The SMILES string of the molecule is Cc1ccc(C=O)cc1Oc1nc(-c2cccnc2)nc2c1ncn2C. The van der Waals surface area contributed by atoms with Crippen LogP contribution in [0, 0.1) is 6.92 Å². The number of fused-ring (bicyclic) bond motifs is 1. The van der Waals surface area contributed by atoms with Crippen LogP contribution in [0.2, 0.25) is 0 Å². The number of carbonyl (C=O) groups excluding carboxylic acids is 1. The molecule has 128 valence electrons. The van der Waals surface area contributed by atoms with Gasteiger partial charge >= 0.3 is 0 Å². The number of aryl methyl sites for hydroxylation is 2. The van der Waals surface area contributed by atoms with Crippen LogP contribution in [0.15, 0.2) is 49.1 Å². The van der Waals surface area contributed by atoms with Gasteiger partial charge in [-0.05, 0) is 30.7 Å². The summed E-state index contributed by atoms with van der Waals surface area (Å²) in [7, 11) is 1.86. The third-order valence-corrected chi connectivity index (χ3v) is 4.00. The number of nitrogens with zero attached hydrogens (tertiary/aromatic N) is 5. The fraction of sp³-hybridized carbons (Fsp3) is 0.105. The first-order valence-electron chi connectivity index (χ1n) is 7.99. The molecule has 0 N–H and O–H groups in total. The summed E-state index contributed by atoms with van der Waals surface area (Å²) in [5.74, 6) is 1.38. The number of imidazole rings is 1. The highest BCUT2D eigenvalue weighted by atomic mass is 16.5. The molecular formula is C19H15N5O2. The van der Waals surface area contributed by atoms with E-state index in [9.17, 15) is 4.79 Å². The van der Waals surface area contributed by atoms with Gasteiger partial charge < -0.3 is 9.30 Å². The maximum absolute atomic E-state index is 11.1. The minimum absolute atomic E-state index is 0.334. The predicted octanol–water partition coefficient (Wildman–Crippen LogP) is 3.34. The van der Waals surface area contributed by atoms with Crippen molar-refractivity contribution in [3.05, 3.63) is 60.2 Å². The highest BCUT2D eigenvalue weighted by Gasteiger charge is 2.16. The number of aldehydes is 1. The Bertz CT molecular complexity index is 1110. The summed E-state index contributed by atoms with van der Waals surface area (Å²) >= 11 is 0. The van der Waals surface area contributed by atoms with Gasteiger partial charge in [-0.2, -0.15) is 4.98 Å². The lowest BCUT2D eigenvalue weighted by Crippen LogP contribution is -1.99. The molecule has 0 saturated carbocycles. The van der Waals surface area contributed by atoms with Crippen LogP contribution in [0.1, 0.15) is 15.9 Å². The quantitative estimate of drug-likeness (QED) is 0.528. The zero-order valence-corrected chi connectivity index (χ0v) is 14.2. The standard InChI is InChI=1S/C19H15N5O2/c1-12-5-6-13(10-25)8-15(12)26-19-16-18(24(2)11-21-16)22-17(23-19)14-4-3-7-20-9-14/h3-11H,1-2H3. The average Bonchev–Trinajstić information content (AvgIpc) is 3.05. The Kier molecular flexibility index (Phi) is 3.89. The highest BCUT2D eigenvalue weighted by Crippen LogP contribution is 2.30. The van der Waals surface area contributed by atoms with E-state index in [-0.39, 0.29) is 0 Å². The van der Waals surface area contributed by atoms with Gasteiger partial charge in [-0.15, -0.1) is 0 Å². The molecule has 7 nitrogen and oxygen atoms in total. The molecule has 0 aliphatic heterocycles. The van der Waals surface area contributed by atoms with Crippen LogP contribution in [-0.2, 0) is 7.05 Å². The molecule has 0 atom stereocenters. The molecule has 3 heterocycles. The van der Waals surface area contributed by atoms with E-state index in [1.54, 1.807) is 35.4 Å². The first-order chi connectivity index (χ1) is 12.7. The maximum Gasteiger partial charge on any atom is 0.251 e. The van der Waals surface area contributed by atoms with E-state index in [4.69, 9.17) is 4.74 Å². The Labute approximate surface area is 149 Å². The van der Waals surface area contributed by atoms with Gasteiger partial charge in [0.2, 0.25) is 0 Å². The van der Waals surface area contributed by atoms with E-state index in [2.05, 4.69) is 19.9 Å². The average molecular weight is 345 g/mol. The van der Waals surface area contributed by atoms with Crippen molar-refractivity contribution in [3.63, 3.8) is 0 Å². The van der Waals surface area contributed by atoms with Gasteiger partial charge in [0.1, 0.15) is 12.0 Å². The molecule has 0 unspecified atom stereocenters. The van der Waals surface area contributed by atoms with Crippen LogP contribution in [0.25, 0.3) is 22.6 Å². The fourth-order valence-corrected chi connectivity index (χ4v) is 2.58. The monoisotopic (exact) mass is 345 g/mol. The molecule has 4 rings (SSSR count). The molecule has 0 radical (unpaired) electrons. The Hall–Kier alpha value is -3.61. The molecule has 26 heavy (non-hydrogen) atoms. The number of pyridine rings is 1. The molecule has 0 fully saturated rings. The summed E-state index contributed by atoms with van der Waals surface area (Å²) in [5.41, 5.74) is 3.40. The lowest BCUT2D eigenvalue weighted by Gasteiger charge is -2.10. The Morgan fingerprint density at radius 3 is 2.85 bits per heavy atom. The summed E-state index contributed by atoms with van der Waals surface area (Å²) < 4.78 is 7.84. The van der Waals surface area contributed by atoms with Gasteiger partial charge in [0.05, 0.1) is 6.33 Å². The van der Waals surface area contributed by atoms with Crippen molar-refractivity contribution >= 4 is 17.5 Å². The molecule has 3 aromatic heterocycles. The normalized spacial score (nSPS) is 10.8. The van der Waals surface area contributed by atoms with E-state index >= 15 is 0 Å². The second kappa shape index (κ2) is 6.36. The number of ether oxygens (including phenoxy) is 1. The molecule has 4 aromatic rings. The number of hydrogen-bond acceptors (Lipinski definition) is 6. The van der Waals surface area contributed by atoms with Crippen molar-refractivity contribution in [2.45, 2.75) is 6.92 Å². The minimum Gasteiger partial charge on any atom is -0.437 e. The molecule has 0 aliphatic rings. The van der Waals surface area contributed by atoms with Gasteiger partial charge in [-0.25, -0.2) is 9.97 Å².